The third kappa shape index (κ3) is 8.89. The molecule has 0 bridgehead atoms. The Labute approximate surface area is 216 Å². The molecule has 2 atom stereocenters. The molecule has 1 aliphatic heterocycles. The first-order valence-corrected chi connectivity index (χ1v) is 11.4. The molecule has 0 aliphatic carbocycles. The molecule has 1 aromatic rings. The van der Waals surface area contributed by atoms with Gasteiger partial charge in [0.1, 0.15) is 11.8 Å². The van der Waals surface area contributed by atoms with Gasteiger partial charge in [-0.1, -0.05) is 46.8 Å². The van der Waals surface area contributed by atoms with Crippen LogP contribution in [0, 0.1) is 5.92 Å². The summed E-state index contributed by atoms with van der Waals surface area (Å²) in [5.74, 6) is -3.00. The van der Waals surface area contributed by atoms with Gasteiger partial charge in [-0.3, -0.25) is 4.79 Å². The lowest BCUT2D eigenvalue weighted by molar-refractivity contribution is -0.142. The Morgan fingerprint density at radius 1 is 1.26 bits per heavy atom. The first kappa shape index (κ1) is 32.5. The van der Waals surface area contributed by atoms with Gasteiger partial charge in [0.15, 0.2) is 0 Å². The second-order valence-electron chi connectivity index (χ2n) is 9.03. The SMILES string of the molecule is C.CCC1(c2cccc(OC(=O)/C(=C/C(=O)N[C@H](C(=O)O)C(C)C)OC)c2)CCCCN(C)C1.S. The smallest absolute Gasteiger partial charge is 0.379 e. The summed E-state index contributed by atoms with van der Waals surface area (Å²) in [6.45, 7) is 7.54. The van der Waals surface area contributed by atoms with Crippen molar-refractivity contribution in [2.45, 2.75) is 65.3 Å². The van der Waals surface area contributed by atoms with Gasteiger partial charge in [-0.2, -0.15) is 13.5 Å². The van der Waals surface area contributed by atoms with Crippen LogP contribution in [0.1, 0.15) is 59.4 Å². The van der Waals surface area contributed by atoms with E-state index in [-0.39, 0.29) is 38.0 Å². The van der Waals surface area contributed by atoms with E-state index >= 15 is 0 Å². The maximum absolute atomic E-state index is 12.7. The summed E-state index contributed by atoms with van der Waals surface area (Å²) in [6.07, 6.45) is 5.25. The fourth-order valence-corrected chi connectivity index (χ4v) is 4.32. The van der Waals surface area contributed by atoms with Crippen LogP contribution in [0.3, 0.4) is 0 Å². The molecule has 35 heavy (non-hydrogen) atoms. The lowest BCUT2D eigenvalue weighted by Crippen LogP contribution is -2.43. The molecule has 8 nitrogen and oxygen atoms in total. The topological polar surface area (TPSA) is 105 Å². The zero-order valence-corrected chi connectivity index (χ0v) is 21.7. The highest BCUT2D eigenvalue weighted by molar-refractivity contribution is 7.59. The maximum Gasteiger partial charge on any atom is 0.379 e. The van der Waals surface area contributed by atoms with E-state index < -0.39 is 23.9 Å². The number of rotatable bonds is 9. The molecule has 1 fully saturated rings. The number of hydrogen-bond acceptors (Lipinski definition) is 6. The van der Waals surface area contributed by atoms with Crippen molar-refractivity contribution in [2.75, 3.05) is 27.2 Å². The normalized spacial score (nSPS) is 19.4. The fourth-order valence-electron chi connectivity index (χ4n) is 4.32. The van der Waals surface area contributed by atoms with Crippen LogP contribution in [0.5, 0.6) is 5.75 Å². The van der Waals surface area contributed by atoms with Crippen molar-refractivity contribution in [3.63, 3.8) is 0 Å². The van der Waals surface area contributed by atoms with E-state index in [2.05, 4.69) is 30.3 Å². The first-order valence-electron chi connectivity index (χ1n) is 11.4. The molecule has 1 amide bonds. The third-order valence-corrected chi connectivity index (χ3v) is 6.27. The van der Waals surface area contributed by atoms with Crippen molar-refractivity contribution < 1.29 is 29.0 Å². The monoisotopic (exact) mass is 510 g/mol. The van der Waals surface area contributed by atoms with Gasteiger partial charge in [-0.15, -0.1) is 0 Å². The van der Waals surface area contributed by atoms with E-state index in [4.69, 9.17) is 9.47 Å². The number of carbonyl (C=O) groups is 3. The fraction of sp³-hybridized carbons (Fsp3) is 0.577. The number of esters is 1. The zero-order chi connectivity index (χ0) is 24.6. The van der Waals surface area contributed by atoms with Crippen LogP contribution in [0.25, 0.3) is 0 Å². The van der Waals surface area contributed by atoms with Crippen LogP contribution < -0.4 is 10.1 Å². The highest BCUT2D eigenvalue weighted by Crippen LogP contribution is 2.37. The van der Waals surface area contributed by atoms with E-state index in [9.17, 15) is 19.5 Å². The summed E-state index contributed by atoms with van der Waals surface area (Å²) in [5, 5.41) is 11.6. The minimum atomic E-state index is -1.15. The molecule has 0 radical (unpaired) electrons. The Hall–Kier alpha value is -2.52. The Balaban J connectivity index is 0.00000578. The minimum absolute atomic E-state index is 0. The molecule has 0 spiro atoms. The molecule has 1 aliphatic rings. The zero-order valence-electron chi connectivity index (χ0n) is 20.7. The number of nitrogens with zero attached hydrogens (tertiary/aromatic N) is 1. The van der Waals surface area contributed by atoms with Gasteiger partial charge in [-0.05, 0) is 56.5 Å². The van der Waals surface area contributed by atoms with Crippen LogP contribution in [-0.2, 0) is 24.5 Å². The number of likely N-dealkylation sites (tertiary alicyclic amines) is 1. The summed E-state index contributed by atoms with van der Waals surface area (Å²) in [7, 11) is 3.38. The van der Waals surface area contributed by atoms with E-state index in [1.54, 1.807) is 19.9 Å². The largest absolute Gasteiger partial charge is 0.490 e. The number of carboxylic acid groups (broad SMARTS) is 1. The number of ether oxygens (including phenoxy) is 2. The van der Waals surface area contributed by atoms with Crippen molar-refractivity contribution in [3.8, 4) is 5.75 Å². The maximum atomic E-state index is 12.7. The van der Waals surface area contributed by atoms with Gasteiger partial charge in [0.2, 0.25) is 11.7 Å². The second kappa shape index (κ2) is 14.8. The van der Waals surface area contributed by atoms with Gasteiger partial charge in [-0.25, -0.2) is 9.59 Å². The van der Waals surface area contributed by atoms with Crippen molar-refractivity contribution in [1.82, 2.24) is 10.2 Å². The lowest BCUT2D eigenvalue weighted by atomic mass is 9.74. The molecule has 0 aromatic heterocycles. The lowest BCUT2D eigenvalue weighted by Gasteiger charge is -2.35. The van der Waals surface area contributed by atoms with Gasteiger partial charge in [0.05, 0.1) is 13.2 Å². The van der Waals surface area contributed by atoms with E-state index in [1.165, 1.54) is 7.11 Å². The van der Waals surface area contributed by atoms with E-state index in [0.29, 0.717) is 5.75 Å². The van der Waals surface area contributed by atoms with Crippen LogP contribution in [-0.4, -0.2) is 61.1 Å². The number of nitrogens with one attached hydrogen (secondary N) is 1. The van der Waals surface area contributed by atoms with Gasteiger partial charge >= 0.3 is 11.9 Å². The molecule has 2 N–H and O–H groups in total. The third-order valence-electron chi connectivity index (χ3n) is 6.27. The Kier molecular flexibility index (Phi) is 13.7. The molecule has 0 saturated carbocycles. The number of benzene rings is 1. The number of amides is 1. The summed E-state index contributed by atoms with van der Waals surface area (Å²) < 4.78 is 10.6. The van der Waals surface area contributed by atoms with Crippen molar-refractivity contribution in [3.05, 3.63) is 41.7 Å². The molecule has 1 saturated heterocycles. The summed E-state index contributed by atoms with van der Waals surface area (Å²) in [6, 6.07) is 6.43. The van der Waals surface area contributed by atoms with Crippen molar-refractivity contribution in [2.24, 2.45) is 5.92 Å². The molecular weight excluding hydrogens is 468 g/mol. The highest BCUT2D eigenvalue weighted by Gasteiger charge is 2.33. The predicted octanol–water partition coefficient (Wildman–Crippen LogP) is 3.86. The number of carboxylic acids is 1. The number of hydrogen-bond donors (Lipinski definition) is 2. The number of likely N-dealkylation sites (N-methyl/N-ethyl adjacent to an activating group) is 1. The van der Waals surface area contributed by atoms with E-state index in [0.717, 1.165) is 50.4 Å². The molecular formula is C26H42N2O6S. The van der Waals surface area contributed by atoms with Crippen LogP contribution >= 0.6 is 13.5 Å². The molecule has 2 rings (SSSR count). The first-order chi connectivity index (χ1) is 15.6. The summed E-state index contributed by atoms with van der Waals surface area (Å²) in [4.78, 5) is 38.6. The summed E-state index contributed by atoms with van der Waals surface area (Å²) >= 11 is 0. The molecule has 198 valence electrons. The molecule has 1 heterocycles. The van der Waals surface area contributed by atoms with E-state index in [1.807, 2.05) is 12.1 Å². The van der Waals surface area contributed by atoms with Crippen molar-refractivity contribution >= 4 is 31.3 Å². The highest BCUT2D eigenvalue weighted by atomic mass is 32.1. The molecule has 9 heteroatoms. The summed E-state index contributed by atoms with van der Waals surface area (Å²) in [5.41, 5.74) is 1.10. The number of aliphatic carboxylic acids is 1. The van der Waals surface area contributed by atoms with Crippen LogP contribution in [0.4, 0.5) is 0 Å². The quantitative estimate of drug-likeness (QED) is 0.225. The van der Waals surface area contributed by atoms with Gasteiger partial charge in [0, 0.05) is 12.0 Å². The Morgan fingerprint density at radius 3 is 2.51 bits per heavy atom. The number of carbonyl (C=O) groups excluding carboxylic acids is 2. The minimum Gasteiger partial charge on any atom is -0.490 e. The van der Waals surface area contributed by atoms with Crippen molar-refractivity contribution in [1.29, 1.82) is 0 Å². The Morgan fingerprint density at radius 2 is 1.94 bits per heavy atom. The predicted molar refractivity (Wildman–Crippen MR) is 142 cm³/mol. The van der Waals surface area contributed by atoms with Gasteiger partial charge in [0.25, 0.3) is 0 Å². The Bertz CT molecular complexity index is 888. The van der Waals surface area contributed by atoms with Crippen LogP contribution in [0.15, 0.2) is 36.1 Å². The average molecular weight is 511 g/mol. The molecule has 1 unspecified atom stereocenters. The standard InChI is InChI=1S/C25H36N2O6.CH4.H2S/c1-6-25(12-7-8-13-27(4)16-25)18-10-9-11-19(14-18)33-24(31)20(32-5)15-21(28)26-22(17(2)3)23(29)30;;/h9-11,14-15,17,22H,6-8,12-13,16H2,1-5H3,(H,26,28)(H,29,30);1H4;1H2/b20-15-;;/t22-,25?;;/m0../s1. The van der Waals surface area contributed by atoms with Gasteiger partial charge < -0.3 is 24.8 Å². The van der Waals surface area contributed by atoms with Crippen LogP contribution in [0.2, 0.25) is 0 Å². The molecule has 1 aromatic carbocycles. The second-order valence-corrected chi connectivity index (χ2v) is 9.03. The number of methoxy groups -OCH3 is 1. The average Bonchev–Trinajstić information content (AvgIpc) is 2.97.